The van der Waals surface area contributed by atoms with Gasteiger partial charge in [0.1, 0.15) is 17.4 Å². The van der Waals surface area contributed by atoms with Crippen LogP contribution in [0.25, 0.3) is 0 Å². The van der Waals surface area contributed by atoms with Crippen LogP contribution in [0, 0.1) is 0 Å². The molecular formula is C16H15Cl2N5O. The molecule has 24 heavy (non-hydrogen) atoms. The summed E-state index contributed by atoms with van der Waals surface area (Å²) in [6, 6.07) is 9.34. The van der Waals surface area contributed by atoms with Gasteiger partial charge in [-0.05, 0) is 54.3 Å². The maximum atomic E-state index is 6.08. The fraction of sp³-hybridized carbons (Fsp3) is 0.188. The SMILES string of the molecule is COc1cc(Cl)cc(CCc2cc(Nc3ccnc(Cl)n3)[nH]n2)c1. The van der Waals surface area contributed by atoms with Crippen LogP contribution in [-0.2, 0) is 12.8 Å². The number of nitrogens with one attached hydrogen (secondary N) is 2. The number of ether oxygens (including phenoxy) is 1. The Morgan fingerprint density at radius 2 is 2.04 bits per heavy atom. The third kappa shape index (κ3) is 4.37. The predicted molar refractivity (Wildman–Crippen MR) is 94.3 cm³/mol. The van der Waals surface area contributed by atoms with E-state index in [4.69, 9.17) is 27.9 Å². The van der Waals surface area contributed by atoms with Crippen molar-refractivity contribution in [1.29, 1.82) is 0 Å². The minimum atomic E-state index is 0.189. The molecule has 0 aliphatic rings. The zero-order valence-electron chi connectivity index (χ0n) is 12.9. The molecule has 0 bridgehead atoms. The Morgan fingerprint density at radius 1 is 1.17 bits per heavy atom. The molecule has 8 heteroatoms. The van der Waals surface area contributed by atoms with E-state index in [-0.39, 0.29) is 5.28 Å². The van der Waals surface area contributed by atoms with Gasteiger partial charge in [0.25, 0.3) is 0 Å². The second-order valence-corrected chi connectivity index (χ2v) is 5.88. The molecule has 0 saturated heterocycles. The van der Waals surface area contributed by atoms with E-state index in [1.54, 1.807) is 25.4 Å². The Kier molecular flexibility index (Phi) is 5.17. The van der Waals surface area contributed by atoms with Gasteiger partial charge in [0.05, 0.1) is 12.8 Å². The molecule has 2 heterocycles. The molecule has 0 radical (unpaired) electrons. The number of aromatic amines is 1. The first-order chi connectivity index (χ1) is 11.6. The van der Waals surface area contributed by atoms with E-state index < -0.39 is 0 Å². The Labute approximate surface area is 149 Å². The van der Waals surface area contributed by atoms with E-state index in [1.165, 1.54) is 0 Å². The van der Waals surface area contributed by atoms with Gasteiger partial charge >= 0.3 is 0 Å². The highest BCUT2D eigenvalue weighted by molar-refractivity contribution is 6.30. The van der Waals surface area contributed by atoms with Crippen LogP contribution in [0.3, 0.4) is 0 Å². The van der Waals surface area contributed by atoms with E-state index in [0.29, 0.717) is 10.8 Å². The molecule has 0 atom stereocenters. The second kappa shape index (κ2) is 7.51. The third-order valence-electron chi connectivity index (χ3n) is 3.36. The number of benzene rings is 1. The van der Waals surface area contributed by atoms with Crippen molar-refractivity contribution in [3.8, 4) is 5.75 Å². The Balaban J connectivity index is 1.63. The van der Waals surface area contributed by atoms with Crippen molar-refractivity contribution >= 4 is 34.8 Å². The van der Waals surface area contributed by atoms with E-state index >= 15 is 0 Å². The molecule has 0 aliphatic carbocycles. The van der Waals surface area contributed by atoms with Crippen molar-refractivity contribution < 1.29 is 4.74 Å². The van der Waals surface area contributed by atoms with Gasteiger partial charge in [-0.1, -0.05) is 11.6 Å². The highest BCUT2D eigenvalue weighted by atomic mass is 35.5. The van der Waals surface area contributed by atoms with Gasteiger partial charge in [-0.15, -0.1) is 0 Å². The van der Waals surface area contributed by atoms with Crippen molar-refractivity contribution in [1.82, 2.24) is 20.2 Å². The van der Waals surface area contributed by atoms with Crippen LogP contribution in [0.15, 0.2) is 36.5 Å². The van der Waals surface area contributed by atoms with Gasteiger partial charge in [0, 0.05) is 17.3 Å². The second-order valence-electron chi connectivity index (χ2n) is 5.11. The number of anilines is 2. The minimum Gasteiger partial charge on any atom is -0.497 e. The van der Waals surface area contributed by atoms with Crippen LogP contribution >= 0.6 is 23.2 Å². The average Bonchev–Trinajstić information content (AvgIpc) is 3.00. The summed E-state index contributed by atoms with van der Waals surface area (Å²) in [6.45, 7) is 0. The van der Waals surface area contributed by atoms with E-state index in [2.05, 4.69) is 25.5 Å². The van der Waals surface area contributed by atoms with Crippen LogP contribution < -0.4 is 10.1 Å². The number of rotatable bonds is 6. The molecule has 3 rings (SSSR count). The maximum absolute atomic E-state index is 6.08. The topological polar surface area (TPSA) is 75.7 Å². The number of halogens is 2. The summed E-state index contributed by atoms with van der Waals surface area (Å²) in [5, 5.41) is 11.2. The highest BCUT2D eigenvalue weighted by Gasteiger charge is 2.05. The summed E-state index contributed by atoms with van der Waals surface area (Å²) >= 11 is 11.8. The van der Waals surface area contributed by atoms with Gasteiger partial charge in [-0.2, -0.15) is 5.10 Å². The molecule has 3 aromatic rings. The first-order valence-electron chi connectivity index (χ1n) is 7.26. The molecule has 2 N–H and O–H groups in total. The number of hydrogen-bond acceptors (Lipinski definition) is 5. The van der Waals surface area contributed by atoms with Crippen molar-refractivity contribution in [2.75, 3.05) is 12.4 Å². The number of aromatic nitrogens is 4. The lowest BCUT2D eigenvalue weighted by atomic mass is 10.1. The molecule has 1 aromatic carbocycles. The van der Waals surface area contributed by atoms with Gasteiger partial charge in [0.2, 0.25) is 5.28 Å². The molecule has 0 unspecified atom stereocenters. The Morgan fingerprint density at radius 3 is 2.83 bits per heavy atom. The minimum absolute atomic E-state index is 0.189. The number of hydrogen-bond donors (Lipinski definition) is 2. The number of nitrogens with zero attached hydrogens (tertiary/aromatic N) is 3. The van der Waals surface area contributed by atoms with Crippen molar-refractivity contribution in [3.05, 3.63) is 58.1 Å². The van der Waals surface area contributed by atoms with Crippen LogP contribution in [0.5, 0.6) is 5.75 Å². The molecule has 0 fully saturated rings. The molecule has 0 spiro atoms. The molecule has 0 saturated carbocycles. The van der Waals surface area contributed by atoms with Crippen LogP contribution in [0.1, 0.15) is 11.3 Å². The molecule has 0 aliphatic heterocycles. The molecule has 2 aromatic heterocycles. The van der Waals surface area contributed by atoms with Crippen LogP contribution in [0.4, 0.5) is 11.6 Å². The van der Waals surface area contributed by atoms with Crippen molar-refractivity contribution in [2.45, 2.75) is 12.8 Å². The number of methoxy groups -OCH3 is 1. The standard InChI is InChI=1S/C16H15Cl2N5O/c1-24-13-7-10(6-11(17)8-13)2-3-12-9-15(23-22-12)20-14-4-5-19-16(18)21-14/h4-9H,2-3H2,1H3,(H2,19,20,21,22,23). The fourth-order valence-corrected chi connectivity index (χ4v) is 2.65. The van der Waals surface area contributed by atoms with Crippen LogP contribution in [-0.4, -0.2) is 27.3 Å². The number of aryl methyl sites for hydroxylation is 2. The van der Waals surface area contributed by atoms with E-state index in [1.807, 2.05) is 18.2 Å². The van der Waals surface area contributed by atoms with Crippen molar-refractivity contribution in [2.24, 2.45) is 0 Å². The van der Waals surface area contributed by atoms with Gasteiger partial charge in [-0.3, -0.25) is 5.10 Å². The summed E-state index contributed by atoms with van der Waals surface area (Å²) in [4.78, 5) is 7.91. The Bertz CT molecular complexity index is 837. The first kappa shape index (κ1) is 16.5. The maximum Gasteiger partial charge on any atom is 0.224 e. The summed E-state index contributed by atoms with van der Waals surface area (Å²) in [6.07, 6.45) is 3.16. The summed E-state index contributed by atoms with van der Waals surface area (Å²) in [5.41, 5.74) is 2.02. The number of H-pyrrole nitrogens is 1. The zero-order chi connectivity index (χ0) is 16.9. The zero-order valence-corrected chi connectivity index (χ0v) is 14.4. The predicted octanol–water partition coefficient (Wildman–Crippen LogP) is 4.04. The molecular weight excluding hydrogens is 349 g/mol. The normalized spacial score (nSPS) is 10.6. The van der Waals surface area contributed by atoms with E-state index in [9.17, 15) is 0 Å². The first-order valence-corrected chi connectivity index (χ1v) is 8.01. The average molecular weight is 364 g/mol. The largest absolute Gasteiger partial charge is 0.497 e. The third-order valence-corrected chi connectivity index (χ3v) is 3.76. The lowest BCUT2D eigenvalue weighted by Crippen LogP contribution is -1.94. The van der Waals surface area contributed by atoms with Gasteiger partial charge in [-0.25, -0.2) is 9.97 Å². The van der Waals surface area contributed by atoms with Crippen LogP contribution in [0.2, 0.25) is 10.3 Å². The fourth-order valence-electron chi connectivity index (χ4n) is 2.25. The lowest BCUT2D eigenvalue weighted by molar-refractivity contribution is 0.414. The molecule has 6 nitrogen and oxygen atoms in total. The van der Waals surface area contributed by atoms with Gasteiger partial charge in [0.15, 0.2) is 0 Å². The highest BCUT2D eigenvalue weighted by Crippen LogP contribution is 2.22. The van der Waals surface area contributed by atoms with Gasteiger partial charge < -0.3 is 10.1 Å². The summed E-state index contributed by atoms with van der Waals surface area (Å²) in [7, 11) is 1.63. The van der Waals surface area contributed by atoms with E-state index in [0.717, 1.165) is 35.7 Å². The summed E-state index contributed by atoms with van der Waals surface area (Å²) < 4.78 is 5.23. The molecule has 0 amide bonds. The quantitative estimate of drug-likeness (QED) is 0.646. The van der Waals surface area contributed by atoms with Crippen molar-refractivity contribution in [3.63, 3.8) is 0 Å². The summed E-state index contributed by atoms with van der Waals surface area (Å²) in [5.74, 6) is 2.09. The molecule has 124 valence electrons. The smallest absolute Gasteiger partial charge is 0.224 e. The monoisotopic (exact) mass is 363 g/mol. The Hall–Kier alpha value is -2.31. The lowest BCUT2D eigenvalue weighted by Gasteiger charge is -2.05.